The summed E-state index contributed by atoms with van der Waals surface area (Å²) in [6.07, 6.45) is 9.87. The van der Waals surface area contributed by atoms with E-state index in [9.17, 15) is 32.8 Å². The maximum atomic E-state index is 12.7. The number of carbonyl (C=O) groups is 2. The van der Waals surface area contributed by atoms with Crippen LogP contribution in [-0.2, 0) is 19.7 Å². The molecule has 0 bridgehead atoms. The molecular weight excluding hydrogens is 479 g/mol. The van der Waals surface area contributed by atoms with Gasteiger partial charge in [-0.1, -0.05) is 106 Å². The first-order valence-corrected chi connectivity index (χ1v) is 14.7. The number of hydrogen-bond donors (Lipinski definition) is 3. The monoisotopic (exact) mass is 530 g/mol. The number of hydrogen-bond acceptors (Lipinski definition) is 4. The van der Waals surface area contributed by atoms with Crippen LogP contribution in [-0.4, -0.2) is 39.9 Å². The molecule has 0 aromatic heterocycles. The van der Waals surface area contributed by atoms with Crippen LogP contribution in [0.25, 0.3) is 0 Å². The zero-order valence-electron chi connectivity index (χ0n) is 24.3. The summed E-state index contributed by atoms with van der Waals surface area (Å²) in [4.78, 5) is 25.0. The van der Waals surface area contributed by atoms with Gasteiger partial charge in [-0.05, 0) is 36.5 Å². The van der Waals surface area contributed by atoms with Crippen LogP contribution in [0.1, 0.15) is 120 Å². The Bertz CT molecular complexity index is 719. The Morgan fingerprint density at radius 1 is 0.800 bits per heavy atom. The van der Waals surface area contributed by atoms with Crippen LogP contribution in [0.2, 0.25) is 0 Å². The van der Waals surface area contributed by atoms with E-state index >= 15 is 0 Å². The molecule has 0 spiro atoms. The van der Waals surface area contributed by atoms with E-state index in [-0.39, 0.29) is 37.4 Å². The molecule has 7 nitrogen and oxygen atoms in total. The fourth-order valence-corrected chi connectivity index (χ4v) is 6.98. The van der Waals surface area contributed by atoms with Crippen molar-refractivity contribution in [1.82, 2.24) is 0 Å². The maximum Gasteiger partial charge on any atom is 1.00 e. The number of aliphatic carboxylic acids is 2. The molecule has 0 amide bonds. The molecule has 0 aromatic carbocycles. The fourth-order valence-electron chi connectivity index (χ4n) is 5.48. The molecule has 204 valence electrons. The normalized spacial score (nSPS) is 17.9. The van der Waals surface area contributed by atoms with Crippen molar-refractivity contribution in [2.24, 2.45) is 29.6 Å². The van der Waals surface area contributed by atoms with Gasteiger partial charge in [0.25, 0.3) is 10.1 Å². The van der Waals surface area contributed by atoms with Crippen molar-refractivity contribution in [3.8, 4) is 0 Å². The van der Waals surface area contributed by atoms with Crippen molar-refractivity contribution in [2.45, 2.75) is 123 Å². The minimum atomic E-state index is -5.22. The van der Waals surface area contributed by atoms with Gasteiger partial charge in [-0.25, -0.2) is 0 Å². The minimum Gasteiger partial charge on any atom is -1.00 e. The second-order valence-corrected chi connectivity index (χ2v) is 11.9. The second-order valence-electron chi connectivity index (χ2n) is 10.3. The van der Waals surface area contributed by atoms with E-state index in [0.29, 0.717) is 31.1 Å². The van der Waals surface area contributed by atoms with Crippen LogP contribution in [0.5, 0.6) is 0 Å². The summed E-state index contributed by atoms with van der Waals surface area (Å²) >= 11 is 0. The molecule has 0 saturated carbocycles. The molecule has 3 N–H and O–H groups in total. The molecule has 9 heteroatoms. The maximum absolute atomic E-state index is 12.7. The van der Waals surface area contributed by atoms with E-state index < -0.39 is 44.6 Å². The zero-order valence-corrected chi connectivity index (χ0v) is 26.1. The Morgan fingerprint density at radius 3 is 1.54 bits per heavy atom. The van der Waals surface area contributed by atoms with Gasteiger partial charge in [-0.15, -0.1) is 0 Å². The van der Waals surface area contributed by atoms with Gasteiger partial charge in [0.1, 0.15) is 0 Å². The van der Waals surface area contributed by atoms with Gasteiger partial charge in [0.2, 0.25) is 4.75 Å². The summed E-state index contributed by atoms with van der Waals surface area (Å²) in [5, 5.41) is 20.3. The van der Waals surface area contributed by atoms with Crippen LogP contribution in [0.15, 0.2) is 0 Å². The largest absolute Gasteiger partial charge is 1.00 e. The summed E-state index contributed by atoms with van der Waals surface area (Å²) in [6, 6.07) is 0. The fraction of sp³-hybridized carbons (Fsp3) is 0.923. The van der Waals surface area contributed by atoms with Crippen molar-refractivity contribution in [3.63, 3.8) is 0 Å². The van der Waals surface area contributed by atoms with Crippen LogP contribution in [0.4, 0.5) is 0 Å². The first-order chi connectivity index (χ1) is 15.8. The van der Waals surface area contributed by atoms with E-state index in [1.165, 1.54) is 6.92 Å². The Balaban J connectivity index is -0.00000544. The Kier molecular flexibility index (Phi) is 19.2. The predicted octanol–water partition coefficient (Wildman–Crippen LogP) is 3.78. The van der Waals surface area contributed by atoms with E-state index in [0.717, 1.165) is 51.4 Å². The summed E-state index contributed by atoms with van der Waals surface area (Å²) < 4.78 is 32.9. The van der Waals surface area contributed by atoms with E-state index in [1.54, 1.807) is 6.92 Å². The first-order valence-electron chi connectivity index (χ1n) is 13.3. The molecular formula is C26H51NaO7S. The Hall–Kier alpha value is -0.150. The summed E-state index contributed by atoms with van der Waals surface area (Å²) in [7, 11) is -5.22. The van der Waals surface area contributed by atoms with Gasteiger partial charge in [0.15, 0.2) is 0 Å². The third-order valence-electron chi connectivity index (χ3n) is 7.92. The first kappa shape index (κ1) is 37.0. The molecule has 0 aliphatic heterocycles. The van der Waals surface area contributed by atoms with Gasteiger partial charge in [0.05, 0.1) is 5.92 Å². The Morgan fingerprint density at radius 2 is 1.23 bits per heavy atom. The van der Waals surface area contributed by atoms with Crippen LogP contribution < -0.4 is 29.6 Å². The molecule has 0 saturated heterocycles. The van der Waals surface area contributed by atoms with Crippen LogP contribution >= 0.6 is 0 Å². The molecule has 0 fully saturated rings. The van der Waals surface area contributed by atoms with Crippen molar-refractivity contribution in [2.75, 3.05) is 0 Å². The molecule has 0 aliphatic rings. The number of carboxylic acid groups (broad SMARTS) is 2. The van der Waals surface area contributed by atoms with Crippen molar-refractivity contribution in [1.29, 1.82) is 0 Å². The van der Waals surface area contributed by atoms with E-state index in [2.05, 4.69) is 20.8 Å². The number of carboxylic acids is 2. The number of rotatable bonds is 20. The second kappa shape index (κ2) is 18.2. The summed E-state index contributed by atoms with van der Waals surface area (Å²) in [5.74, 6) is -6.10. The SMILES string of the molecule is CCCCC(CC)CCC(C)C(C(=O)O)C(C(=O)O)(C(C)CCC(CC)CCCC)S(=O)(=O)O.[H-].[Na+]. The van der Waals surface area contributed by atoms with Gasteiger partial charge >= 0.3 is 41.5 Å². The molecule has 0 aliphatic carbocycles. The molecule has 6 unspecified atom stereocenters. The quantitative estimate of drug-likeness (QED) is 0.161. The third kappa shape index (κ3) is 10.6. The summed E-state index contributed by atoms with van der Waals surface area (Å²) in [6.45, 7) is 11.4. The van der Waals surface area contributed by atoms with Crippen molar-refractivity contribution >= 4 is 22.1 Å². The number of unbranched alkanes of at least 4 members (excludes halogenated alkanes) is 2. The van der Waals surface area contributed by atoms with Gasteiger partial charge in [-0.3, -0.25) is 14.1 Å². The van der Waals surface area contributed by atoms with Crippen LogP contribution in [0.3, 0.4) is 0 Å². The van der Waals surface area contributed by atoms with Gasteiger partial charge in [-0.2, -0.15) is 8.42 Å². The van der Waals surface area contributed by atoms with Crippen LogP contribution in [0, 0.1) is 29.6 Å². The molecule has 35 heavy (non-hydrogen) atoms. The average Bonchev–Trinajstić information content (AvgIpc) is 2.75. The minimum absolute atomic E-state index is 0. The molecule has 0 radical (unpaired) electrons. The molecule has 0 heterocycles. The molecule has 0 aromatic rings. The molecule has 0 rings (SSSR count). The van der Waals surface area contributed by atoms with Crippen molar-refractivity contribution < 1.29 is 63.8 Å². The van der Waals surface area contributed by atoms with Gasteiger partial charge < -0.3 is 11.6 Å². The smallest absolute Gasteiger partial charge is 1.00 e. The standard InChI is InChI=1S/C26H50O7S.Na.H/c1-7-11-13-21(9-3)17-15-19(5)23(24(27)28)26(25(29)30,34(31,32)33)20(6)16-18-22(10-4)14-12-8-2;;/h19-23H,7-18H2,1-6H3,(H,27,28)(H,29,30)(H,31,32,33);;/q;+1;-1. The topological polar surface area (TPSA) is 129 Å². The van der Waals surface area contributed by atoms with E-state index in [1.807, 2.05) is 6.92 Å². The Labute approximate surface area is 237 Å². The third-order valence-corrected chi connectivity index (χ3v) is 9.60. The van der Waals surface area contributed by atoms with Crippen molar-refractivity contribution in [3.05, 3.63) is 0 Å². The predicted molar refractivity (Wildman–Crippen MR) is 138 cm³/mol. The zero-order chi connectivity index (χ0) is 26.5. The summed E-state index contributed by atoms with van der Waals surface area (Å²) in [5.41, 5.74) is 0. The molecule has 6 atom stereocenters. The van der Waals surface area contributed by atoms with Gasteiger partial charge in [0, 0.05) is 0 Å². The average molecular weight is 531 g/mol. The van der Waals surface area contributed by atoms with E-state index in [4.69, 9.17) is 0 Å².